The smallest absolute Gasteiger partial charge is 0.223 e. The molecule has 5 nitrogen and oxygen atoms in total. The fraction of sp³-hybridized carbons (Fsp3) is 0.588. The van der Waals surface area contributed by atoms with Crippen molar-refractivity contribution >= 4 is 36.4 Å². The molecule has 1 heterocycles. The quantitative estimate of drug-likeness (QED) is 0.822. The number of nitrogens with zero attached hydrogens (tertiary/aromatic N) is 3. The second kappa shape index (κ2) is 11.5. The minimum atomic E-state index is 0. The van der Waals surface area contributed by atoms with Gasteiger partial charge < -0.3 is 15.5 Å². The number of para-hydroxylation sites is 1. The van der Waals surface area contributed by atoms with E-state index in [9.17, 15) is 4.79 Å². The molecule has 0 spiro atoms. The fourth-order valence-electron chi connectivity index (χ4n) is 2.70. The molecule has 24 heavy (non-hydrogen) atoms. The van der Waals surface area contributed by atoms with Gasteiger partial charge in [0.2, 0.25) is 5.91 Å². The highest BCUT2D eigenvalue weighted by Crippen LogP contribution is 2.15. The zero-order chi connectivity index (χ0) is 15.9. The van der Waals surface area contributed by atoms with Crippen LogP contribution in [0.3, 0.4) is 0 Å². The van der Waals surface area contributed by atoms with Crippen LogP contribution in [0.15, 0.2) is 30.3 Å². The van der Waals surface area contributed by atoms with Gasteiger partial charge in [-0.25, -0.2) is 0 Å². The molecule has 1 atom stereocenters. The molecule has 0 aromatic heterocycles. The van der Waals surface area contributed by atoms with Crippen LogP contribution in [-0.2, 0) is 4.79 Å². The van der Waals surface area contributed by atoms with Gasteiger partial charge in [0.15, 0.2) is 0 Å². The summed E-state index contributed by atoms with van der Waals surface area (Å²) in [5.41, 5.74) is 6.90. The van der Waals surface area contributed by atoms with Crippen LogP contribution in [0.1, 0.15) is 13.3 Å². The maximum absolute atomic E-state index is 12.1. The van der Waals surface area contributed by atoms with Gasteiger partial charge in [0.25, 0.3) is 0 Å². The van der Waals surface area contributed by atoms with Crippen molar-refractivity contribution in [3.63, 3.8) is 0 Å². The molecule has 2 N–H and O–H groups in total. The lowest BCUT2D eigenvalue weighted by Gasteiger charge is -2.36. The Morgan fingerprint density at radius 3 is 2.29 bits per heavy atom. The van der Waals surface area contributed by atoms with E-state index in [1.165, 1.54) is 5.69 Å². The molecule has 0 radical (unpaired) electrons. The molecule has 0 bridgehead atoms. The van der Waals surface area contributed by atoms with Crippen molar-refractivity contribution in [1.82, 2.24) is 9.80 Å². The number of piperazine rings is 1. The number of nitrogens with two attached hydrogens (primary N) is 1. The standard InChI is InChI=1S/C17H28N4O.2ClH/c1-15(14-18)19(2)17(22)8-9-20-10-12-21(13-11-20)16-6-4-3-5-7-16;;/h3-7,15H,8-14,18H2,1-2H3;2*1H. The van der Waals surface area contributed by atoms with Gasteiger partial charge in [-0.2, -0.15) is 0 Å². The number of rotatable bonds is 6. The van der Waals surface area contributed by atoms with Crippen molar-refractivity contribution in [2.75, 3.05) is 51.2 Å². The number of likely N-dealkylation sites (N-methyl/N-ethyl adjacent to an activating group) is 1. The summed E-state index contributed by atoms with van der Waals surface area (Å²) in [7, 11) is 1.84. The molecular weight excluding hydrogens is 347 g/mol. The Morgan fingerprint density at radius 1 is 1.17 bits per heavy atom. The Hall–Kier alpha value is -1.01. The normalized spacial score (nSPS) is 15.9. The minimum absolute atomic E-state index is 0. The molecule has 1 aromatic carbocycles. The van der Waals surface area contributed by atoms with Gasteiger partial charge in [0.1, 0.15) is 0 Å². The van der Waals surface area contributed by atoms with Gasteiger partial charge in [-0.05, 0) is 19.1 Å². The summed E-state index contributed by atoms with van der Waals surface area (Å²) in [6, 6.07) is 10.6. The number of hydrogen-bond acceptors (Lipinski definition) is 4. The van der Waals surface area contributed by atoms with Crippen LogP contribution in [0.25, 0.3) is 0 Å². The first-order valence-corrected chi connectivity index (χ1v) is 8.10. The van der Waals surface area contributed by atoms with Crippen molar-refractivity contribution in [3.8, 4) is 0 Å². The number of anilines is 1. The lowest BCUT2D eigenvalue weighted by molar-refractivity contribution is -0.131. The van der Waals surface area contributed by atoms with E-state index >= 15 is 0 Å². The Kier molecular flexibility index (Phi) is 11.0. The van der Waals surface area contributed by atoms with Gasteiger partial charge in [-0.1, -0.05) is 18.2 Å². The average Bonchev–Trinajstić information content (AvgIpc) is 2.59. The largest absolute Gasteiger partial charge is 0.369 e. The zero-order valence-corrected chi connectivity index (χ0v) is 16.2. The van der Waals surface area contributed by atoms with E-state index in [1.54, 1.807) is 4.90 Å². The third-order valence-corrected chi connectivity index (χ3v) is 4.53. The average molecular weight is 377 g/mol. The van der Waals surface area contributed by atoms with E-state index in [0.717, 1.165) is 32.7 Å². The van der Waals surface area contributed by atoms with Crippen molar-refractivity contribution < 1.29 is 4.79 Å². The molecule has 1 unspecified atom stereocenters. The van der Waals surface area contributed by atoms with Crippen molar-refractivity contribution in [2.24, 2.45) is 5.73 Å². The predicted octanol–water partition coefficient (Wildman–Crippen LogP) is 1.85. The SMILES string of the molecule is CC(CN)N(C)C(=O)CCN1CCN(c2ccccc2)CC1.Cl.Cl. The predicted molar refractivity (Wildman–Crippen MR) is 105 cm³/mol. The number of carbonyl (C=O) groups is 1. The summed E-state index contributed by atoms with van der Waals surface area (Å²) in [6.07, 6.45) is 0.576. The number of amides is 1. The summed E-state index contributed by atoms with van der Waals surface area (Å²) >= 11 is 0. The van der Waals surface area contributed by atoms with Gasteiger partial charge >= 0.3 is 0 Å². The molecule has 1 aliphatic rings. The van der Waals surface area contributed by atoms with E-state index in [4.69, 9.17) is 5.73 Å². The van der Waals surface area contributed by atoms with Crippen molar-refractivity contribution in [2.45, 2.75) is 19.4 Å². The third kappa shape index (κ3) is 6.48. The lowest BCUT2D eigenvalue weighted by Crippen LogP contribution is -2.48. The van der Waals surface area contributed by atoms with E-state index in [0.29, 0.717) is 13.0 Å². The molecule has 7 heteroatoms. The van der Waals surface area contributed by atoms with Crippen LogP contribution in [0.2, 0.25) is 0 Å². The Labute approximate surface area is 158 Å². The van der Waals surface area contributed by atoms with E-state index in [-0.39, 0.29) is 36.8 Å². The molecule has 0 saturated carbocycles. The molecule has 1 aromatic rings. The number of benzene rings is 1. The zero-order valence-electron chi connectivity index (χ0n) is 14.6. The van der Waals surface area contributed by atoms with Crippen LogP contribution >= 0.6 is 24.8 Å². The molecule has 2 rings (SSSR count). The number of halogens is 2. The van der Waals surface area contributed by atoms with Gasteiger partial charge in [-0.3, -0.25) is 9.69 Å². The fourth-order valence-corrected chi connectivity index (χ4v) is 2.70. The first-order valence-electron chi connectivity index (χ1n) is 8.10. The van der Waals surface area contributed by atoms with Crippen LogP contribution in [0.4, 0.5) is 5.69 Å². The molecule has 1 saturated heterocycles. The molecule has 138 valence electrons. The summed E-state index contributed by atoms with van der Waals surface area (Å²) in [5.74, 6) is 0.184. The lowest BCUT2D eigenvalue weighted by atomic mass is 10.2. The minimum Gasteiger partial charge on any atom is -0.369 e. The van der Waals surface area contributed by atoms with Gasteiger partial charge in [-0.15, -0.1) is 24.8 Å². The Balaban J connectivity index is 0.00000264. The van der Waals surface area contributed by atoms with E-state index in [1.807, 2.05) is 20.0 Å². The monoisotopic (exact) mass is 376 g/mol. The van der Waals surface area contributed by atoms with E-state index in [2.05, 4.69) is 34.1 Å². The van der Waals surface area contributed by atoms with Gasteiger partial charge in [0.05, 0.1) is 0 Å². The van der Waals surface area contributed by atoms with Gasteiger partial charge in [0, 0.05) is 64.5 Å². The molecule has 1 aliphatic heterocycles. The van der Waals surface area contributed by atoms with Crippen LogP contribution < -0.4 is 10.6 Å². The topological polar surface area (TPSA) is 52.8 Å². The van der Waals surface area contributed by atoms with Crippen LogP contribution in [0, 0.1) is 0 Å². The molecule has 0 aliphatic carbocycles. The first kappa shape index (κ1) is 23.0. The third-order valence-electron chi connectivity index (χ3n) is 4.53. The highest BCUT2D eigenvalue weighted by molar-refractivity contribution is 5.85. The maximum atomic E-state index is 12.1. The summed E-state index contributed by atoms with van der Waals surface area (Å²) in [4.78, 5) is 18.6. The van der Waals surface area contributed by atoms with Crippen molar-refractivity contribution in [1.29, 1.82) is 0 Å². The maximum Gasteiger partial charge on any atom is 0.223 e. The second-order valence-corrected chi connectivity index (χ2v) is 6.00. The first-order chi connectivity index (χ1) is 10.6. The highest BCUT2D eigenvalue weighted by Gasteiger charge is 2.19. The molecule has 1 amide bonds. The Morgan fingerprint density at radius 2 is 1.75 bits per heavy atom. The molecular formula is C17H30Cl2N4O. The van der Waals surface area contributed by atoms with Crippen LogP contribution in [-0.4, -0.2) is 68.1 Å². The number of carbonyl (C=O) groups excluding carboxylic acids is 1. The second-order valence-electron chi connectivity index (χ2n) is 6.00. The van der Waals surface area contributed by atoms with Crippen molar-refractivity contribution in [3.05, 3.63) is 30.3 Å². The molecule has 1 fully saturated rings. The van der Waals surface area contributed by atoms with E-state index < -0.39 is 0 Å². The summed E-state index contributed by atoms with van der Waals surface area (Å²) < 4.78 is 0. The highest BCUT2D eigenvalue weighted by atomic mass is 35.5. The summed E-state index contributed by atoms with van der Waals surface area (Å²) in [5, 5.41) is 0. The Bertz CT molecular complexity index is 467. The van der Waals surface area contributed by atoms with Crippen LogP contribution in [0.5, 0.6) is 0 Å². The summed E-state index contributed by atoms with van der Waals surface area (Å²) in [6.45, 7) is 7.40. The number of hydrogen-bond donors (Lipinski definition) is 1.